The van der Waals surface area contributed by atoms with Gasteiger partial charge in [-0.15, -0.1) is 11.3 Å². The Kier molecular flexibility index (Phi) is 3.58. The minimum Gasteiger partial charge on any atom is -0.469 e. The van der Waals surface area contributed by atoms with Gasteiger partial charge in [0.05, 0.1) is 11.6 Å². The number of hydrogen-bond donors (Lipinski definition) is 1. The number of hydrogen-bond acceptors (Lipinski definition) is 6. The number of rotatable bonds is 3. The molecule has 0 saturated carbocycles. The van der Waals surface area contributed by atoms with E-state index in [-0.39, 0.29) is 12.2 Å². The van der Waals surface area contributed by atoms with Crippen molar-refractivity contribution in [1.29, 1.82) is 0 Å². The van der Waals surface area contributed by atoms with Crippen LogP contribution in [0, 0.1) is 20.8 Å². The lowest BCUT2D eigenvalue weighted by atomic mass is 10.2. The molecular weight excluding hydrogens is 304 g/mol. The van der Waals surface area contributed by atoms with Crippen LogP contribution >= 0.6 is 11.3 Å². The standard InChI is InChI=1S/C15H14N2O4S/c1-7-9(3)22-14-12(7)13(18)16-11(17-14)6-21-15(19)10-4-5-20-8(10)2/h4-5H,6H2,1-3H3,(H,16,17,18). The Labute approximate surface area is 129 Å². The summed E-state index contributed by atoms with van der Waals surface area (Å²) in [5.41, 5.74) is 1.09. The number of aromatic nitrogens is 2. The van der Waals surface area contributed by atoms with Crippen LogP contribution in [0.2, 0.25) is 0 Å². The summed E-state index contributed by atoms with van der Waals surface area (Å²) in [6.07, 6.45) is 1.43. The summed E-state index contributed by atoms with van der Waals surface area (Å²) in [7, 11) is 0. The minimum absolute atomic E-state index is 0.0926. The predicted octanol–water partition coefficient (Wildman–Crippen LogP) is 2.86. The van der Waals surface area contributed by atoms with Gasteiger partial charge in [-0.25, -0.2) is 9.78 Å². The molecule has 0 saturated heterocycles. The number of aryl methyl sites for hydroxylation is 3. The fourth-order valence-corrected chi connectivity index (χ4v) is 3.22. The van der Waals surface area contributed by atoms with E-state index in [1.54, 1.807) is 13.0 Å². The highest BCUT2D eigenvalue weighted by Gasteiger charge is 2.15. The molecule has 0 spiro atoms. The molecule has 22 heavy (non-hydrogen) atoms. The average Bonchev–Trinajstić information content (AvgIpc) is 3.01. The summed E-state index contributed by atoms with van der Waals surface area (Å²) >= 11 is 1.45. The van der Waals surface area contributed by atoms with Crippen molar-refractivity contribution in [2.75, 3.05) is 0 Å². The van der Waals surface area contributed by atoms with Crippen molar-refractivity contribution in [3.05, 3.63) is 50.3 Å². The maximum Gasteiger partial charge on any atom is 0.342 e. The van der Waals surface area contributed by atoms with E-state index in [9.17, 15) is 9.59 Å². The quantitative estimate of drug-likeness (QED) is 0.751. The molecule has 0 aromatic carbocycles. The maximum atomic E-state index is 12.1. The molecule has 1 N–H and O–H groups in total. The average molecular weight is 318 g/mol. The Morgan fingerprint density at radius 2 is 2.18 bits per heavy atom. The second kappa shape index (κ2) is 5.42. The number of esters is 1. The zero-order valence-corrected chi connectivity index (χ0v) is 13.2. The lowest BCUT2D eigenvalue weighted by Gasteiger charge is -2.03. The maximum absolute atomic E-state index is 12.1. The number of aromatic amines is 1. The Balaban J connectivity index is 1.84. The number of carbonyl (C=O) groups excluding carboxylic acids is 1. The largest absolute Gasteiger partial charge is 0.469 e. The van der Waals surface area contributed by atoms with E-state index in [4.69, 9.17) is 9.15 Å². The number of H-pyrrole nitrogens is 1. The third kappa shape index (κ3) is 2.43. The smallest absolute Gasteiger partial charge is 0.342 e. The second-order valence-corrected chi connectivity index (χ2v) is 6.15. The molecule has 0 bridgehead atoms. The highest BCUT2D eigenvalue weighted by atomic mass is 32.1. The van der Waals surface area contributed by atoms with Crippen molar-refractivity contribution in [3.8, 4) is 0 Å². The van der Waals surface area contributed by atoms with Gasteiger partial charge in [-0.05, 0) is 32.4 Å². The van der Waals surface area contributed by atoms with E-state index in [2.05, 4.69) is 9.97 Å². The summed E-state index contributed by atoms with van der Waals surface area (Å²) in [6, 6.07) is 1.54. The zero-order chi connectivity index (χ0) is 15.9. The molecule has 114 valence electrons. The van der Waals surface area contributed by atoms with Crippen molar-refractivity contribution in [2.45, 2.75) is 27.4 Å². The lowest BCUT2D eigenvalue weighted by molar-refractivity contribution is 0.0460. The molecule has 3 aromatic rings. The van der Waals surface area contributed by atoms with Crippen LogP contribution in [-0.4, -0.2) is 15.9 Å². The van der Waals surface area contributed by atoms with E-state index >= 15 is 0 Å². The molecule has 3 heterocycles. The highest BCUT2D eigenvalue weighted by Crippen LogP contribution is 2.25. The summed E-state index contributed by atoms with van der Waals surface area (Å²) < 4.78 is 10.2. The summed E-state index contributed by atoms with van der Waals surface area (Å²) in [4.78, 5) is 32.7. The molecule has 0 aliphatic rings. The second-order valence-electron chi connectivity index (χ2n) is 4.94. The van der Waals surface area contributed by atoms with Gasteiger partial charge in [-0.3, -0.25) is 4.79 Å². The van der Waals surface area contributed by atoms with Crippen LogP contribution in [0.1, 0.15) is 32.4 Å². The van der Waals surface area contributed by atoms with Crippen molar-refractivity contribution < 1.29 is 13.9 Å². The van der Waals surface area contributed by atoms with Gasteiger partial charge in [-0.2, -0.15) is 0 Å². The van der Waals surface area contributed by atoms with Crippen LogP contribution in [0.25, 0.3) is 10.2 Å². The van der Waals surface area contributed by atoms with Gasteiger partial charge >= 0.3 is 5.97 Å². The Morgan fingerprint density at radius 3 is 2.86 bits per heavy atom. The van der Waals surface area contributed by atoms with Crippen LogP contribution in [0.4, 0.5) is 0 Å². The molecule has 7 heteroatoms. The predicted molar refractivity (Wildman–Crippen MR) is 82.3 cm³/mol. The number of carbonyl (C=O) groups is 1. The van der Waals surface area contributed by atoms with Gasteiger partial charge in [0.25, 0.3) is 5.56 Å². The van der Waals surface area contributed by atoms with Crippen molar-refractivity contribution >= 4 is 27.5 Å². The van der Waals surface area contributed by atoms with E-state index in [1.807, 2.05) is 13.8 Å². The van der Waals surface area contributed by atoms with Gasteiger partial charge in [0.2, 0.25) is 0 Å². The van der Waals surface area contributed by atoms with Gasteiger partial charge in [-0.1, -0.05) is 0 Å². The fraction of sp³-hybridized carbons (Fsp3) is 0.267. The fourth-order valence-electron chi connectivity index (χ4n) is 2.18. The number of nitrogens with one attached hydrogen (secondary N) is 1. The van der Waals surface area contributed by atoms with Crippen LogP contribution in [-0.2, 0) is 11.3 Å². The molecule has 0 radical (unpaired) electrons. The number of fused-ring (bicyclic) bond motifs is 1. The minimum atomic E-state index is -0.507. The molecule has 0 unspecified atom stereocenters. The van der Waals surface area contributed by atoms with Crippen LogP contribution in [0.15, 0.2) is 21.5 Å². The highest BCUT2D eigenvalue weighted by molar-refractivity contribution is 7.18. The van der Waals surface area contributed by atoms with E-state index in [0.717, 1.165) is 10.4 Å². The number of nitrogens with zero attached hydrogens (tertiary/aromatic N) is 1. The molecule has 3 rings (SSSR count). The molecule has 6 nitrogen and oxygen atoms in total. The molecule has 3 aromatic heterocycles. The molecule has 0 aliphatic heterocycles. The molecule has 0 aliphatic carbocycles. The van der Waals surface area contributed by atoms with Gasteiger partial charge in [0.1, 0.15) is 28.6 Å². The molecule has 0 atom stereocenters. The third-order valence-electron chi connectivity index (χ3n) is 3.51. The summed E-state index contributed by atoms with van der Waals surface area (Å²) in [5.74, 6) is 0.312. The first kappa shape index (κ1) is 14.5. The first-order valence-electron chi connectivity index (χ1n) is 6.67. The Bertz CT molecular complexity index is 919. The van der Waals surface area contributed by atoms with Crippen molar-refractivity contribution in [2.24, 2.45) is 0 Å². The van der Waals surface area contributed by atoms with Gasteiger partial charge in [0, 0.05) is 4.88 Å². The number of furan rings is 1. The van der Waals surface area contributed by atoms with E-state index in [0.29, 0.717) is 27.4 Å². The normalized spacial score (nSPS) is 11.0. The van der Waals surface area contributed by atoms with Crippen molar-refractivity contribution in [3.63, 3.8) is 0 Å². The Morgan fingerprint density at radius 1 is 1.41 bits per heavy atom. The molecule has 0 fully saturated rings. The summed E-state index contributed by atoms with van der Waals surface area (Å²) in [6.45, 7) is 5.43. The third-order valence-corrected chi connectivity index (χ3v) is 4.61. The molecular formula is C15H14N2O4S. The van der Waals surface area contributed by atoms with Crippen LogP contribution in [0.5, 0.6) is 0 Å². The van der Waals surface area contributed by atoms with E-state index in [1.165, 1.54) is 17.6 Å². The lowest BCUT2D eigenvalue weighted by Crippen LogP contribution is -2.14. The van der Waals surface area contributed by atoms with Crippen molar-refractivity contribution in [1.82, 2.24) is 9.97 Å². The number of thiophene rings is 1. The van der Waals surface area contributed by atoms with Gasteiger partial charge < -0.3 is 14.1 Å². The molecule has 0 amide bonds. The van der Waals surface area contributed by atoms with Gasteiger partial charge in [0.15, 0.2) is 0 Å². The topological polar surface area (TPSA) is 85.2 Å². The Hall–Kier alpha value is -2.41. The SMILES string of the molecule is Cc1occc1C(=O)OCc1nc2sc(C)c(C)c2c(=O)[nH]1. The van der Waals surface area contributed by atoms with Crippen LogP contribution in [0.3, 0.4) is 0 Å². The zero-order valence-electron chi connectivity index (χ0n) is 12.4. The first-order chi connectivity index (χ1) is 10.5. The number of ether oxygens (including phenoxy) is 1. The monoisotopic (exact) mass is 318 g/mol. The summed E-state index contributed by atoms with van der Waals surface area (Å²) in [5, 5.41) is 0.600. The first-order valence-corrected chi connectivity index (χ1v) is 7.49. The van der Waals surface area contributed by atoms with E-state index < -0.39 is 5.97 Å². The van der Waals surface area contributed by atoms with Crippen LogP contribution < -0.4 is 5.56 Å².